The Morgan fingerprint density at radius 3 is 2.45 bits per heavy atom. The maximum Gasteiger partial charge on any atom is 0.307 e. The van der Waals surface area contributed by atoms with E-state index < -0.39 is 0 Å². The lowest BCUT2D eigenvalue weighted by Gasteiger charge is -2.08. The number of aryl methyl sites for hydroxylation is 2. The molecule has 3 aromatic heterocycles. The van der Waals surface area contributed by atoms with Crippen molar-refractivity contribution in [1.29, 1.82) is 0 Å². The van der Waals surface area contributed by atoms with Crippen LogP contribution in [0.3, 0.4) is 0 Å². The SMILES string of the molecule is CCOC(=O)CCn1cc(C(=O)c2ccc(Cn3c(C)nc4cnccc43)cc2)c2ccc(-c3ccc(F)cc3)cc21. The number of fused-ring (bicyclic) bond motifs is 2. The summed E-state index contributed by atoms with van der Waals surface area (Å²) < 4.78 is 22.7. The topological polar surface area (TPSA) is 79.0 Å². The summed E-state index contributed by atoms with van der Waals surface area (Å²) in [5.74, 6) is 0.192. The second-order valence-electron chi connectivity index (χ2n) is 10.2. The van der Waals surface area contributed by atoms with Crippen LogP contribution in [-0.4, -0.2) is 37.5 Å². The number of aromatic nitrogens is 4. The summed E-state index contributed by atoms with van der Waals surface area (Å²) in [4.78, 5) is 34.7. The fourth-order valence-corrected chi connectivity index (χ4v) is 5.33. The Labute approximate surface area is 242 Å². The number of pyridine rings is 1. The average molecular weight is 561 g/mol. The summed E-state index contributed by atoms with van der Waals surface area (Å²) in [7, 11) is 0. The summed E-state index contributed by atoms with van der Waals surface area (Å²) in [6.45, 7) is 5.04. The van der Waals surface area contributed by atoms with Crippen LogP contribution in [0.2, 0.25) is 0 Å². The molecule has 3 aromatic carbocycles. The molecule has 42 heavy (non-hydrogen) atoms. The van der Waals surface area contributed by atoms with Crippen molar-refractivity contribution in [1.82, 2.24) is 19.1 Å². The number of benzene rings is 3. The number of imidazole rings is 1. The molecule has 0 radical (unpaired) electrons. The standard InChI is InChI=1S/C34H29FN4O3/c1-3-42-33(40)15-17-38-21-29(28-13-10-26(18-32(28)38)24-8-11-27(35)12-9-24)34(41)25-6-4-23(5-7-25)20-39-22(2)37-30-19-36-16-14-31(30)39/h4-14,16,18-19,21H,3,15,17,20H2,1-2H3. The molecule has 0 fully saturated rings. The van der Waals surface area contributed by atoms with Gasteiger partial charge in [0.15, 0.2) is 5.78 Å². The molecular formula is C34H29FN4O3. The number of ketones is 1. The first-order valence-electron chi connectivity index (χ1n) is 13.9. The summed E-state index contributed by atoms with van der Waals surface area (Å²) in [6.07, 6.45) is 5.50. The molecule has 0 aliphatic carbocycles. The largest absolute Gasteiger partial charge is 0.466 e. The molecule has 0 amide bonds. The van der Waals surface area contributed by atoms with E-state index in [1.165, 1.54) is 12.1 Å². The molecule has 0 N–H and O–H groups in total. The second kappa shape index (κ2) is 11.4. The maximum atomic E-state index is 13.8. The molecule has 0 bridgehead atoms. The van der Waals surface area contributed by atoms with Crippen LogP contribution in [0.25, 0.3) is 33.1 Å². The fourth-order valence-electron chi connectivity index (χ4n) is 5.33. The highest BCUT2D eigenvalue weighted by molar-refractivity contribution is 6.16. The van der Waals surface area contributed by atoms with E-state index in [1.54, 1.807) is 31.5 Å². The van der Waals surface area contributed by atoms with Crippen LogP contribution in [0.5, 0.6) is 0 Å². The average Bonchev–Trinajstić information content (AvgIpc) is 3.53. The highest BCUT2D eigenvalue weighted by atomic mass is 19.1. The molecule has 0 aliphatic heterocycles. The molecule has 8 heteroatoms. The third kappa shape index (κ3) is 5.31. The molecule has 3 heterocycles. The zero-order valence-corrected chi connectivity index (χ0v) is 23.4. The second-order valence-corrected chi connectivity index (χ2v) is 10.2. The number of ether oxygens (including phenoxy) is 1. The van der Waals surface area contributed by atoms with Gasteiger partial charge >= 0.3 is 5.97 Å². The van der Waals surface area contributed by atoms with Crippen molar-refractivity contribution in [3.8, 4) is 11.1 Å². The molecule has 7 nitrogen and oxygen atoms in total. The van der Waals surface area contributed by atoms with Gasteiger partial charge in [-0.05, 0) is 54.8 Å². The monoisotopic (exact) mass is 560 g/mol. The van der Waals surface area contributed by atoms with Gasteiger partial charge in [-0.2, -0.15) is 0 Å². The Bertz CT molecular complexity index is 1920. The van der Waals surface area contributed by atoms with Crippen LogP contribution in [0.4, 0.5) is 4.39 Å². The van der Waals surface area contributed by atoms with Crippen LogP contribution < -0.4 is 0 Å². The Balaban J connectivity index is 1.31. The van der Waals surface area contributed by atoms with E-state index >= 15 is 0 Å². The van der Waals surface area contributed by atoms with Gasteiger partial charge in [-0.25, -0.2) is 9.37 Å². The third-order valence-electron chi connectivity index (χ3n) is 7.46. The van der Waals surface area contributed by atoms with Crippen molar-refractivity contribution >= 4 is 33.7 Å². The van der Waals surface area contributed by atoms with E-state index in [9.17, 15) is 14.0 Å². The molecule has 6 aromatic rings. The van der Waals surface area contributed by atoms with E-state index in [-0.39, 0.29) is 24.0 Å². The Morgan fingerprint density at radius 1 is 0.929 bits per heavy atom. The van der Waals surface area contributed by atoms with Gasteiger partial charge in [0.2, 0.25) is 0 Å². The Hall–Kier alpha value is -5.11. The number of rotatable bonds is 9. The quantitative estimate of drug-likeness (QED) is 0.145. The summed E-state index contributed by atoms with van der Waals surface area (Å²) in [5, 5.41) is 0.785. The van der Waals surface area contributed by atoms with Crippen LogP contribution in [0, 0.1) is 12.7 Å². The van der Waals surface area contributed by atoms with Crippen molar-refractivity contribution in [3.05, 3.63) is 120 Å². The number of carbonyl (C=O) groups is 2. The third-order valence-corrected chi connectivity index (χ3v) is 7.46. The predicted octanol–water partition coefficient (Wildman–Crippen LogP) is 6.73. The highest BCUT2D eigenvalue weighted by Gasteiger charge is 2.19. The first kappa shape index (κ1) is 27.1. The van der Waals surface area contributed by atoms with Gasteiger partial charge in [-0.15, -0.1) is 0 Å². The number of carbonyl (C=O) groups excluding carboxylic acids is 2. The lowest BCUT2D eigenvalue weighted by molar-refractivity contribution is -0.143. The van der Waals surface area contributed by atoms with Crippen LogP contribution >= 0.6 is 0 Å². The molecule has 0 saturated heterocycles. The Kier molecular flexibility index (Phi) is 7.35. The Morgan fingerprint density at radius 2 is 1.69 bits per heavy atom. The molecule has 0 saturated carbocycles. The predicted molar refractivity (Wildman–Crippen MR) is 160 cm³/mol. The van der Waals surface area contributed by atoms with Crippen LogP contribution in [0.15, 0.2) is 91.4 Å². The van der Waals surface area contributed by atoms with Crippen molar-refractivity contribution in [2.24, 2.45) is 0 Å². The van der Waals surface area contributed by atoms with Gasteiger partial charge in [-0.3, -0.25) is 14.6 Å². The van der Waals surface area contributed by atoms with Crippen molar-refractivity contribution in [2.75, 3.05) is 6.61 Å². The molecule has 0 spiro atoms. The number of hydrogen-bond donors (Lipinski definition) is 0. The minimum absolute atomic E-state index is 0.105. The fraction of sp³-hybridized carbons (Fsp3) is 0.176. The van der Waals surface area contributed by atoms with E-state index in [0.717, 1.165) is 44.5 Å². The van der Waals surface area contributed by atoms with Crippen LogP contribution in [0.1, 0.15) is 40.7 Å². The van der Waals surface area contributed by atoms with Crippen molar-refractivity contribution < 1.29 is 18.7 Å². The van der Waals surface area contributed by atoms with Crippen molar-refractivity contribution in [2.45, 2.75) is 33.4 Å². The molecule has 0 atom stereocenters. The molecule has 6 rings (SSSR count). The van der Waals surface area contributed by atoms with Gasteiger partial charge in [0.05, 0.1) is 24.7 Å². The molecular weight excluding hydrogens is 531 g/mol. The van der Waals surface area contributed by atoms with E-state index in [2.05, 4.69) is 14.5 Å². The van der Waals surface area contributed by atoms with E-state index in [1.807, 2.05) is 66.2 Å². The first-order valence-corrected chi connectivity index (χ1v) is 13.9. The number of esters is 1. The zero-order valence-electron chi connectivity index (χ0n) is 23.4. The highest BCUT2D eigenvalue weighted by Crippen LogP contribution is 2.30. The van der Waals surface area contributed by atoms with Crippen molar-refractivity contribution in [3.63, 3.8) is 0 Å². The lowest BCUT2D eigenvalue weighted by Crippen LogP contribution is -2.08. The van der Waals surface area contributed by atoms with Gasteiger partial charge in [0, 0.05) is 47.5 Å². The van der Waals surface area contributed by atoms with E-state index in [4.69, 9.17) is 4.74 Å². The number of nitrogens with zero attached hydrogens (tertiary/aromatic N) is 4. The van der Waals surface area contributed by atoms with E-state index in [0.29, 0.717) is 30.8 Å². The first-order chi connectivity index (χ1) is 20.4. The minimum Gasteiger partial charge on any atom is -0.466 e. The van der Waals surface area contributed by atoms with Gasteiger partial charge in [-0.1, -0.05) is 48.5 Å². The van der Waals surface area contributed by atoms with Gasteiger partial charge in [0.1, 0.15) is 17.2 Å². The van der Waals surface area contributed by atoms with Crippen LogP contribution in [-0.2, 0) is 22.6 Å². The number of hydrogen-bond acceptors (Lipinski definition) is 5. The summed E-state index contributed by atoms with van der Waals surface area (Å²) in [5.41, 5.74) is 6.60. The normalized spacial score (nSPS) is 11.3. The smallest absolute Gasteiger partial charge is 0.307 e. The maximum absolute atomic E-state index is 13.8. The molecule has 210 valence electrons. The van der Waals surface area contributed by atoms with Gasteiger partial charge < -0.3 is 13.9 Å². The molecule has 0 aliphatic rings. The molecule has 0 unspecified atom stereocenters. The minimum atomic E-state index is -0.303. The summed E-state index contributed by atoms with van der Waals surface area (Å²) >= 11 is 0. The number of halogens is 1. The summed E-state index contributed by atoms with van der Waals surface area (Å²) in [6, 6.07) is 21.7. The zero-order chi connectivity index (χ0) is 29.2. The lowest BCUT2D eigenvalue weighted by atomic mass is 9.99. The van der Waals surface area contributed by atoms with Gasteiger partial charge in [0.25, 0.3) is 0 Å².